The molecule has 0 bridgehead atoms. The van der Waals surface area contributed by atoms with Crippen LogP contribution in [0.5, 0.6) is 0 Å². The Morgan fingerprint density at radius 2 is 1.27 bits per heavy atom. The Balaban J connectivity index is 3.39. The first-order valence-electron chi connectivity index (χ1n) is 10.6. The normalized spacial score (nSPS) is 11.8. The van der Waals surface area contributed by atoms with Gasteiger partial charge in [-0.05, 0) is 46.0 Å². The minimum absolute atomic E-state index is 0.171. The lowest BCUT2D eigenvalue weighted by Gasteiger charge is -2.20. The molecule has 0 radical (unpaired) electrons. The van der Waals surface area contributed by atoms with Crippen molar-refractivity contribution in [2.24, 2.45) is 0 Å². The zero-order valence-corrected chi connectivity index (χ0v) is 17.3. The molecule has 0 aliphatic heterocycles. The van der Waals surface area contributed by atoms with Crippen LogP contribution in [0, 0.1) is 0 Å². The molecule has 0 spiro atoms. The summed E-state index contributed by atoms with van der Waals surface area (Å²) < 4.78 is 0. The van der Waals surface area contributed by atoms with Gasteiger partial charge in [0, 0.05) is 6.42 Å². The average molecular weight is 368 g/mol. The molecular formula is C22H41NO3. The Morgan fingerprint density at radius 1 is 0.808 bits per heavy atom. The largest absolute Gasteiger partial charge is 0.480 e. The van der Waals surface area contributed by atoms with E-state index >= 15 is 0 Å². The lowest BCUT2D eigenvalue weighted by molar-refractivity contribution is -0.146. The second kappa shape index (κ2) is 15.9. The standard InChI is InChI=1S/C22H41NO3/c1-4-5-6-7-8-9-10-11-12-13-14-15-16-17-18-19-20(24)23-22(2,3)21(25)26/h11-12H,4-10,13-19H2,1-3H3,(H,23,24)(H,25,26)/b12-11+. The summed E-state index contributed by atoms with van der Waals surface area (Å²) in [4.78, 5) is 22.7. The molecule has 4 nitrogen and oxygen atoms in total. The summed E-state index contributed by atoms with van der Waals surface area (Å²) in [5.41, 5.74) is -1.18. The molecule has 0 aromatic heterocycles. The topological polar surface area (TPSA) is 66.4 Å². The Morgan fingerprint density at radius 3 is 1.77 bits per heavy atom. The van der Waals surface area contributed by atoms with Crippen LogP contribution < -0.4 is 5.32 Å². The SMILES string of the molecule is CCCCCCCC/C=C/CCCCCCCC(=O)NC(C)(C)C(=O)O. The smallest absolute Gasteiger partial charge is 0.328 e. The lowest BCUT2D eigenvalue weighted by atomic mass is 10.0. The number of hydrogen-bond donors (Lipinski definition) is 2. The van der Waals surface area contributed by atoms with Crippen LogP contribution in [0.15, 0.2) is 12.2 Å². The van der Waals surface area contributed by atoms with Crippen LogP contribution in [0.2, 0.25) is 0 Å². The molecule has 0 aromatic rings. The highest BCUT2D eigenvalue weighted by molar-refractivity contribution is 5.86. The van der Waals surface area contributed by atoms with Crippen molar-refractivity contribution in [1.29, 1.82) is 0 Å². The molecule has 0 aliphatic rings. The van der Waals surface area contributed by atoms with E-state index in [9.17, 15) is 9.59 Å². The molecular weight excluding hydrogens is 326 g/mol. The van der Waals surface area contributed by atoms with Crippen LogP contribution in [0.3, 0.4) is 0 Å². The first kappa shape index (κ1) is 24.7. The predicted octanol–water partition coefficient (Wildman–Crippen LogP) is 6.00. The summed E-state index contributed by atoms with van der Waals surface area (Å²) in [6.45, 7) is 5.27. The Hall–Kier alpha value is -1.32. The third-order valence-electron chi connectivity index (χ3n) is 4.65. The van der Waals surface area contributed by atoms with Gasteiger partial charge in [-0.15, -0.1) is 0 Å². The molecule has 0 heterocycles. The van der Waals surface area contributed by atoms with E-state index in [0.29, 0.717) is 6.42 Å². The van der Waals surface area contributed by atoms with Gasteiger partial charge in [0.25, 0.3) is 0 Å². The van der Waals surface area contributed by atoms with Gasteiger partial charge in [-0.2, -0.15) is 0 Å². The van der Waals surface area contributed by atoms with E-state index in [1.54, 1.807) is 0 Å². The molecule has 0 unspecified atom stereocenters. The van der Waals surface area contributed by atoms with Crippen LogP contribution >= 0.6 is 0 Å². The van der Waals surface area contributed by atoms with Crippen LogP contribution in [0.25, 0.3) is 0 Å². The molecule has 0 atom stereocenters. The van der Waals surface area contributed by atoms with E-state index in [2.05, 4.69) is 24.4 Å². The van der Waals surface area contributed by atoms with E-state index < -0.39 is 11.5 Å². The summed E-state index contributed by atoms with van der Waals surface area (Å²) in [5.74, 6) is -1.18. The molecule has 4 heteroatoms. The number of carbonyl (C=O) groups is 2. The number of carboxylic acids is 1. The van der Waals surface area contributed by atoms with Gasteiger partial charge >= 0.3 is 5.97 Å². The number of aliphatic carboxylic acids is 1. The van der Waals surface area contributed by atoms with Crippen molar-refractivity contribution in [3.63, 3.8) is 0 Å². The maximum Gasteiger partial charge on any atom is 0.328 e. The summed E-state index contributed by atoms with van der Waals surface area (Å²) in [5, 5.41) is 11.5. The van der Waals surface area contributed by atoms with E-state index in [1.165, 1.54) is 71.6 Å². The average Bonchev–Trinajstić information content (AvgIpc) is 2.57. The van der Waals surface area contributed by atoms with E-state index in [0.717, 1.165) is 25.7 Å². The van der Waals surface area contributed by atoms with Crippen molar-refractivity contribution in [3.8, 4) is 0 Å². The third-order valence-corrected chi connectivity index (χ3v) is 4.65. The second-order valence-corrected chi connectivity index (χ2v) is 7.81. The molecule has 0 saturated heterocycles. The Bertz CT molecular complexity index is 402. The molecule has 0 rings (SSSR count). The van der Waals surface area contributed by atoms with Gasteiger partial charge in [0.05, 0.1) is 0 Å². The number of carboxylic acid groups (broad SMARTS) is 1. The summed E-state index contributed by atoms with van der Waals surface area (Å²) in [6.07, 6.45) is 21.0. The van der Waals surface area contributed by atoms with Gasteiger partial charge in [0.2, 0.25) is 5.91 Å². The zero-order chi connectivity index (χ0) is 19.7. The molecule has 26 heavy (non-hydrogen) atoms. The minimum Gasteiger partial charge on any atom is -0.480 e. The fourth-order valence-corrected chi connectivity index (χ4v) is 2.82. The monoisotopic (exact) mass is 367 g/mol. The van der Waals surface area contributed by atoms with Gasteiger partial charge in [0.1, 0.15) is 5.54 Å². The van der Waals surface area contributed by atoms with E-state index in [1.807, 2.05) is 0 Å². The number of hydrogen-bond acceptors (Lipinski definition) is 2. The number of allylic oxidation sites excluding steroid dienone is 2. The van der Waals surface area contributed by atoms with Gasteiger partial charge in [0.15, 0.2) is 0 Å². The molecule has 2 N–H and O–H groups in total. The van der Waals surface area contributed by atoms with E-state index in [-0.39, 0.29) is 5.91 Å². The fourth-order valence-electron chi connectivity index (χ4n) is 2.82. The molecule has 1 amide bonds. The minimum atomic E-state index is -1.18. The molecule has 0 aliphatic carbocycles. The highest BCUT2D eigenvalue weighted by Crippen LogP contribution is 2.10. The summed E-state index contributed by atoms with van der Waals surface area (Å²) in [7, 11) is 0. The maximum atomic E-state index is 11.7. The Labute approximate surface area is 160 Å². The number of rotatable bonds is 17. The first-order chi connectivity index (χ1) is 12.4. The number of nitrogens with one attached hydrogen (secondary N) is 1. The molecule has 0 saturated carbocycles. The summed E-state index contributed by atoms with van der Waals surface area (Å²) >= 11 is 0. The first-order valence-corrected chi connectivity index (χ1v) is 10.6. The fraction of sp³-hybridized carbons (Fsp3) is 0.818. The van der Waals surface area contributed by atoms with Gasteiger partial charge < -0.3 is 10.4 Å². The van der Waals surface area contributed by atoms with Crippen molar-refractivity contribution in [2.75, 3.05) is 0 Å². The maximum absolute atomic E-state index is 11.7. The van der Waals surface area contributed by atoms with Crippen LogP contribution in [-0.2, 0) is 9.59 Å². The van der Waals surface area contributed by atoms with Gasteiger partial charge in [-0.3, -0.25) is 4.79 Å². The van der Waals surface area contributed by atoms with Crippen LogP contribution in [-0.4, -0.2) is 22.5 Å². The molecule has 0 aromatic carbocycles. The van der Waals surface area contributed by atoms with Crippen molar-refractivity contribution in [3.05, 3.63) is 12.2 Å². The second-order valence-electron chi connectivity index (χ2n) is 7.81. The van der Waals surface area contributed by atoms with Crippen molar-refractivity contribution in [2.45, 2.75) is 116 Å². The van der Waals surface area contributed by atoms with Crippen LogP contribution in [0.1, 0.15) is 111 Å². The number of unbranched alkanes of at least 4 members (excludes halogenated alkanes) is 11. The lowest BCUT2D eigenvalue weighted by Crippen LogP contribution is -2.49. The number of amides is 1. The number of carbonyl (C=O) groups excluding carboxylic acids is 1. The van der Waals surface area contributed by atoms with Crippen molar-refractivity contribution >= 4 is 11.9 Å². The quantitative estimate of drug-likeness (QED) is 0.245. The third kappa shape index (κ3) is 15.0. The van der Waals surface area contributed by atoms with Crippen LogP contribution in [0.4, 0.5) is 0 Å². The highest BCUT2D eigenvalue weighted by atomic mass is 16.4. The van der Waals surface area contributed by atoms with Gasteiger partial charge in [-0.1, -0.05) is 70.4 Å². The van der Waals surface area contributed by atoms with E-state index in [4.69, 9.17) is 5.11 Å². The molecule has 0 fully saturated rings. The van der Waals surface area contributed by atoms with Crippen molar-refractivity contribution in [1.82, 2.24) is 5.32 Å². The summed E-state index contributed by atoms with van der Waals surface area (Å²) in [6, 6.07) is 0. The molecule has 152 valence electrons. The Kier molecular flexibility index (Phi) is 15.1. The zero-order valence-electron chi connectivity index (χ0n) is 17.3. The predicted molar refractivity (Wildman–Crippen MR) is 109 cm³/mol. The van der Waals surface area contributed by atoms with Crippen molar-refractivity contribution < 1.29 is 14.7 Å². The van der Waals surface area contributed by atoms with Gasteiger partial charge in [-0.25, -0.2) is 4.79 Å². The highest BCUT2D eigenvalue weighted by Gasteiger charge is 2.28.